The number of aromatic nitrogens is 2. The molecular weight excluding hydrogens is 423 g/mol. The highest BCUT2D eigenvalue weighted by Gasteiger charge is 2.10. The fourth-order valence-corrected chi connectivity index (χ4v) is 2.95. The van der Waals surface area contributed by atoms with Gasteiger partial charge in [-0.05, 0) is 62.7 Å². The van der Waals surface area contributed by atoms with Crippen LogP contribution in [0.25, 0.3) is 0 Å². The molecule has 0 aliphatic carbocycles. The van der Waals surface area contributed by atoms with Gasteiger partial charge < -0.3 is 10.6 Å². The van der Waals surface area contributed by atoms with Crippen LogP contribution in [0.15, 0.2) is 53.5 Å². The molecule has 2 aromatic carbocycles. The van der Waals surface area contributed by atoms with Gasteiger partial charge in [0.05, 0.1) is 10.0 Å². The number of benzene rings is 2. The summed E-state index contributed by atoms with van der Waals surface area (Å²) in [5.41, 5.74) is 3.85. The third kappa shape index (κ3) is 6.17. The van der Waals surface area contributed by atoms with E-state index in [1.54, 1.807) is 18.2 Å². The van der Waals surface area contributed by atoms with Crippen LogP contribution >= 0.6 is 23.2 Å². The van der Waals surface area contributed by atoms with E-state index in [9.17, 15) is 4.79 Å². The normalized spacial score (nSPS) is 11.2. The molecule has 30 heavy (non-hydrogen) atoms. The number of nitrogens with one attached hydrogen (secondary N) is 3. The number of guanidine groups is 1. The van der Waals surface area contributed by atoms with Crippen LogP contribution in [0.1, 0.15) is 17.0 Å². The van der Waals surface area contributed by atoms with Crippen LogP contribution in [0.5, 0.6) is 0 Å². The lowest BCUT2D eigenvalue weighted by Gasteiger charge is -2.13. The predicted octanol–water partition coefficient (Wildman–Crippen LogP) is 5.63. The second kappa shape index (κ2) is 9.56. The number of halogens is 2. The van der Waals surface area contributed by atoms with Gasteiger partial charge in [0.2, 0.25) is 5.96 Å². The number of carbonyl (C=O) groups excluding carboxylic acids is 1. The number of anilines is 2. The first-order valence-corrected chi connectivity index (χ1v) is 9.82. The van der Waals surface area contributed by atoms with Crippen LogP contribution in [0.4, 0.5) is 22.1 Å². The first kappa shape index (κ1) is 21.5. The van der Waals surface area contributed by atoms with Gasteiger partial charge in [-0.2, -0.15) is 4.99 Å². The fraction of sp³-hybridized carbons (Fsp3) is 0.143. The zero-order valence-electron chi connectivity index (χ0n) is 16.6. The molecule has 154 valence electrons. The van der Waals surface area contributed by atoms with Gasteiger partial charge in [-0.3, -0.25) is 5.32 Å². The van der Waals surface area contributed by atoms with Crippen LogP contribution in [-0.4, -0.2) is 22.0 Å². The van der Waals surface area contributed by atoms with E-state index in [0.29, 0.717) is 15.7 Å². The van der Waals surface area contributed by atoms with Gasteiger partial charge in [0, 0.05) is 22.8 Å². The Morgan fingerprint density at radius 2 is 1.57 bits per heavy atom. The molecule has 0 fully saturated rings. The highest BCUT2D eigenvalue weighted by atomic mass is 35.5. The minimum absolute atomic E-state index is 0.170. The van der Waals surface area contributed by atoms with Gasteiger partial charge >= 0.3 is 6.03 Å². The van der Waals surface area contributed by atoms with E-state index in [1.807, 2.05) is 51.1 Å². The van der Waals surface area contributed by atoms with Crippen molar-refractivity contribution >= 4 is 52.5 Å². The Morgan fingerprint density at radius 3 is 2.23 bits per heavy atom. The quantitative estimate of drug-likeness (QED) is 0.362. The number of aliphatic imine (C=N–C) groups is 1. The summed E-state index contributed by atoms with van der Waals surface area (Å²) in [6, 6.07) is 13.8. The van der Waals surface area contributed by atoms with E-state index in [0.717, 1.165) is 22.6 Å². The maximum atomic E-state index is 12.5. The van der Waals surface area contributed by atoms with Gasteiger partial charge in [0.1, 0.15) is 0 Å². The molecular formula is C21H20Cl2N6O. The van der Waals surface area contributed by atoms with Crippen LogP contribution in [0, 0.1) is 20.8 Å². The lowest BCUT2D eigenvalue weighted by Crippen LogP contribution is -2.38. The van der Waals surface area contributed by atoms with Gasteiger partial charge in [-0.1, -0.05) is 35.3 Å². The average molecular weight is 443 g/mol. The SMILES string of the molecule is Cc1cccc(NC(=Nc2nc(C)cc(C)n2)NC(=O)Nc2ccc(Cl)c(Cl)c2)c1. The van der Waals surface area contributed by atoms with Gasteiger partial charge in [0.25, 0.3) is 5.95 Å². The molecule has 0 saturated heterocycles. The standard InChI is InChI=1S/C21H20Cl2N6O/c1-12-5-4-6-15(9-12)26-20(28-19-24-13(2)10-14(3)25-19)29-21(30)27-16-7-8-17(22)18(23)11-16/h4-11H,1-3H3,(H3,24,25,26,27,28,29,30). The number of amides is 2. The van der Waals surface area contributed by atoms with Crippen LogP contribution in [0.2, 0.25) is 10.0 Å². The van der Waals surface area contributed by atoms with Crippen molar-refractivity contribution < 1.29 is 4.79 Å². The smallest absolute Gasteiger partial charge is 0.326 e. The highest BCUT2D eigenvalue weighted by molar-refractivity contribution is 6.42. The lowest BCUT2D eigenvalue weighted by atomic mass is 10.2. The molecule has 7 nitrogen and oxygen atoms in total. The molecule has 3 N–H and O–H groups in total. The predicted molar refractivity (Wildman–Crippen MR) is 122 cm³/mol. The highest BCUT2D eigenvalue weighted by Crippen LogP contribution is 2.24. The molecule has 0 unspecified atom stereocenters. The molecule has 0 saturated carbocycles. The summed E-state index contributed by atoms with van der Waals surface area (Å²) in [5, 5.41) is 9.21. The fourth-order valence-electron chi connectivity index (χ4n) is 2.65. The third-order valence-electron chi connectivity index (χ3n) is 3.87. The Labute approximate surface area is 184 Å². The number of urea groups is 1. The Bertz CT molecular complexity index is 1100. The second-order valence-electron chi connectivity index (χ2n) is 6.61. The summed E-state index contributed by atoms with van der Waals surface area (Å²) in [5.74, 6) is 0.403. The molecule has 1 aromatic heterocycles. The Hall–Kier alpha value is -3.16. The van der Waals surface area contributed by atoms with Crippen molar-refractivity contribution in [2.24, 2.45) is 4.99 Å². The third-order valence-corrected chi connectivity index (χ3v) is 4.61. The Balaban J connectivity index is 1.85. The molecule has 0 aliphatic heterocycles. The minimum Gasteiger partial charge on any atom is -0.326 e. The summed E-state index contributed by atoms with van der Waals surface area (Å²) < 4.78 is 0. The minimum atomic E-state index is -0.517. The Morgan fingerprint density at radius 1 is 0.867 bits per heavy atom. The summed E-state index contributed by atoms with van der Waals surface area (Å²) in [6.45, 7) is 5.68. The first-order chi connectivity index (χ1) is 14.3. The molecule has 0 atom stereocenters. The zero-order chi connectivity index (χ0) is 21.7. The maximum Gasteiger partial charge on any atom is 0.326 e. The zero-order valence-corrected chi connectivity index (χ0v) is 18.1. The average Bonchev–Trinajstić information content (AvgIpc) is 2.64. The van der Waals surface area contributed by atoms with Crippen molar-refractivity contribution in [2.45, 2.75) is 20.8 Å². The van der Waals surface area contributed by atoms with Crippen molar-refractivity contribution in [1.82, 2.24) is 15.3 Å². The van der Waals surface area contributed by atoms with Gasteiger partial charge in [-0.15, -0.1) is 0 Å². The van der Waals surface area contributed by atoms with E-state index in [4.69, 9.17) is 23.2 Å². The van der Waals surface area contributed by atoms with Crippen molar-refractivity contribution in [3.05, 3.63) is 75.5 Å². The van der Waals surface area contributed by atoms with Crippen LogP contribution in [0.3, 0.4) is 0 Å². The van der Waals surface area contributed by atoms with Gasteiger partial charge in [-0.25, -0.2) is 14.8 Å². The van der Waals surface area contributed by atoms with Gasteiger partial charge in [0.15, 0.2) is 0 Å². The molecule has 3 rings (SSSR count). The largest absolute Gasteiger partial charge is 0.326 e. The van der Waals surface area contributed by atoms with E-state index in [2.05, 4.69) is 30.9 Å². The molecule has 0 radical (unpaired) electrons. The number of hydrogen-bond donors (Lipinski definition) is 3. The topological polar surface area (TPSA) is 91.3 Å². The van der Waals surface area contributed by atoms with Crippen molar-refractivity contribution in [3.63, 3.8) is 0 Å². The Kier molecular flexibility index (Phi) is 6.87. The number of hydrogen-bond acceptors (Lipinski definition) is 4. The number of aryl methyl sites for hydroxylation is 3. The molecule has 1 heterocycles. The number of rotatable bonds is 3. The van der Waals surface area contributed by atoms with Crippen LogP contribution < -0.4 is 16.0 Å². The molecule has 9 heteroatoms. The summed E-state index contributed by atoms with van der Waals surface area (Å²) in [6.07, 6.45) is 0. The van der Waals surface area contributed by atoms with Crippen molar-refractivity contribution in [1.29, 1.82) is 0 Å². The van der Waals surface area contributed by atoms with Crippen LogP contribution in [-0.2, 0) is 0 Å². The molecule has 0 bridgehead atoms. The number of carbonyl (C=O) groups is 1. The van der Waals surface area contributed by atoms with E-state index in [-0.39, 0.29) is 11.9 Å². The van der Waals surface area contributed by atoms with Crippen molar-refractivity contribution in [3.8, 4) is 0 Å². The molecule has 2 amide bonds. The monoisotopic (exact) mass is 442 g/mol. The summed E-state index contributed by atoms with van der Waals surface area (Å²) >= 11 is 11.9. The van der Waals surface area contributed by atoms with E-state index >= 15 is 0 Å². The molecule has 3 aromatic rings. The van der Waals surface area contributed by atoms with E-state index in [1.165, 1.54) is 0 Å². The lowest BCUT2D eigenvalue weighted by molar-refractivity contribution is 0.256. The van der Waals surface area contributed by atoms with Crippen molar-refractivity contribution in [2.75, 3.05) is 10.6 Å². The summed E-state index contributed by atoms with van der Waals surface area (Å²) in [7, 11) is 0. The second-order valence-corrected chi connectivity index (χ2v) is 7.43. The van der Waals surface area contributed by atoms with E-state index < -0.39 is 6.03 Å². The summed E-state index contributed by atoms with van der Waals surface area (Å²) in [4.78, 5) is 25.5. The number of nitrogens with zero attached hydrogens (tertiary/aromatic N) is 3. The molecule has 0 spiro atoms. The molecule has 0 aliphatic rings. The first-order valence-electron chi connectivity index (χ1n) is 9.06. The maximum absolute atomic E-state index is 12.5.